The van der Waals surface area contributed by atoms with Gasteiger partial charge in [0.15, 0.2) is 11.5 Å². The lowest BCUT2D eigenvalue weighted by Crippen LogP contribution is -2.38. The second-order valence-electron chi connectivity index (χ2n) is 7.56. The Bertz CT molecular complexity index is 1130. The van der Waals surface area contributed by atoms with E-state index in [-0.39, 0.29) is 6.10 Å². The van der Waals surface area contributed by atoms with Gasteiger partial charge in [-0.2, -0.15) is 5.10 Å². The fraction of sp³-hybridized carbons (Fsp3) is 0.200. The number of para-hydroxylation sites is 2. The monoisotopic (exact) mass is 412 g/mol. The summed E-state index contributed by atoms with van der Waals surface area (Å²) in [4.78, 5) is 4.26. The Morgan fingerprint density at radius 3 is 2.65 bits per heavy atom. The molecule has 2 aromatic heterocycles. The van der Waals surface area contributed by atoms with Crippen LogP contribution in [0, 0.1) is 0 Å². The molecule has 1 atom stereocenters. The van der Waals surface area contributed by atoms with E-state index in [0.29, 0.717) is 19.7 Å². The van der Waals surface area contributed by atoms with Gasteiger partial charge in [-0.3, -0.25) is 9.67 Å². The minimum Gasteiger partial charge on any atom is -0.486 e. The number of aromatic nitrogens is 3. The highest BCUT2D eigenvalue weighted by molar-refractivity contribution is 5.61. The molecule has 0 amide bonds. The molecule has 1 aliphatic rings. The van der Waals surface area contributed by atoms with Crippen molar-refractivity contribution in [1.29, 1.82) is 0 Å². The molecule has 5 rings (SSSR count). The van der Waals surface area contributed by atoms with Crippen LogP contribution in [0.4, 0.5) is 0 Å². The highest BCUT2D eigenvalue weighted by Gasteiger charge is 2.20. The number of hydrogen-bond acceptors (Lipinski definition) is 5. The summed E-state index contributed by atoms with van der Waals surface area (Å²) in [6, 6.07) is 22.1. The highest BCUT2D eigenvalue weighted by Crippen LogP contribution is 2.30. The maximum atomic E-state index is 6.05. The molecule has 0 saturated carbocycles. The second kappa shape index (κ2) is 9.02. The van der Waals surface area contributed by atoms with Gasteiger partial charge in [-0.15, -0.1) is 0 Å². The summed E-state index contributed by atoms with van der Waals surface area (Å²) in [5.74, 6) is 1.60. The van der Waals surface area contributed by atoms with E-state index < -0.39 is 0 Å². The van der Waals surface area contributed by atoms with E-state index in [1.54, 1.807) is 6.20 Å². The Morgan fingerprint density at radius 2 is 1.81 bits per heavy atom. The van der Waals surface area contributed by atoms with Crippen LogP contribution in [0.15, 0.2) is 85.3 Å². The second-order valence-corrected chi connectivity index (χ2v) is 7.56. The summed E-state index contributed by atoms with van der Waals surface area (Å²) in [5, 5.41) is 8.36. The van der Waals surface area contributed by atoms with Crippen LogP contribution >= 0.6 is 0 Å². The van der Waals surface area contributed by atoms with Gasteiger partial charge < -0.3 is 14.8 Å². The lowest BCUT2D eigenvalue weighted by Gasteiger charge is -2.26. The van der Waals surface area contributed by atoms with Gasteiger partial charge >= 0.3 is 0 Å². The first kappa shape index (κ1) is 19.3. The molecule has 6 nitrogen and oxygen atoms in total. The molecule has 31 heavy (non-hydrogen) atoms. The van der Waals surface area contributed by atoms with E-state index in [1.807, 2.05) is 65.5 Å². The van der Waals surface area contributed by atoms with Crippen LogP contribution in [-0.2, 0) is 13.1 Å². The predicted octanol–water partition coefficient (Wildman–Crippen LogP) is 3.92. The van der Waals surface area contributed by atoms with Crippen molar-refractivity contribution in [3.8, 4) is 22.8 Å². The quantitative estimate of drug-likeness (QED) is 0.499. The number of nitrogens with one attached hydrogen (secondary N) is 1. The van der Waals surface area contributed by atoms with Crippen LogP contribution in [0.25, 0.3) is 11.3 Å². The van der Waals surface area contributed by atoms with E-state index in [4.69, 9.17) is 14.6 Å². The van der Waals surface area contributed by atoms with E-state index in [2.05, 4.69) is 28.6 Å². The molecule has 1 N–H and O–H groups in total. The number of nitrogens with zero attached hydrogens (tertiary/aromatic N) is 3. The lowest BCUT2D eigenvalue weighted by atomic mass is 10.1. The van der Waals surface area contributed by atoms with Gasteiger partial charge in [-0.1, -0.05) is 42.5 Å². The van der Waals surface area contributed by atoms with Crippen LogP contribution in [-0.4, -0.2) is 34.0 Å². The number of rotatable bonds is 7. The fourth-order valence-corrected chi connectivity index (χ4v) is 3.72. The summed E-state index contributed by atoms with van der Waals surface area (Å²) < 4.78 is 13.9. The molecule has 156 valence electrons. The van der Waals surface area contributed by atoms with E-state index in [0.717, 1.165) is 34.9 Å². The molecule has 0 radical (unpaired) electrons. The first-order chi connectivity index (χ1) is 15.3. The molecule has 1 aliphatic heterocycles. The molecular weight excluding hydrogens is 388 g/mol. The smallest absolute Gasteiger partial charge is 0.161 e. The zero-order chi connectivity index (χ0) is 20.9. The Labute approximate surface area is 181 Å². The van der Waals surface area contributed by atoms with Crippen LogP contribution in [0.1, 0.15) is 11.1 Å². The average molecular weight is 412 g/mol. The van der Waals surface area contributed by atoms with Crippen molar-refractivity contribution in [3.05, 3.63) is 96.4 Å². The molecule has 0 saturated heterocycles. The molecule has 0 spiro atoms. The summed E-state index contributed by atoms with van der Waals surface area (Å²) in [7, 11) is 0. The summed E-state index contributed by atoms with van der Waals surface area (Å²) in [5.41, 5.74) is 4.30. The van der Waals surface area contributed by atoms with E-state index in [1.165, 1.54) is 5.56 Å². The SMILES string of the molecule is c1ccc(Cn2cc(CNC[C@@H]3COc4ccccc4O3)c(-c3cccnc3)n2)cc1. The molecule has 0 fully saturated rings. The largest absolute Gasteiger partial charge is 0.486 e. The standard InChI is InChI=1S/C25H24N4O2/c1-2-7-19(8-3-1)16-29-17-21(25(28-29)20-9-6-12-26-13-20)14-27-15-22-18-30-23-10-4-5-11-24(23)31-22/h1-13,17,22,27H,14-16,18H2/t22-/m1/s1. The molecular formula is C25H24N4O2. The highest BCUT2D eigenvalue weighted by atomic mass is 16.6. The van der Waals surface area contributed by atoms with Gasteiger partial charge in [0.25, 0.3) is 0 Å². The van der Waals surface area contributed by atoms with E-state index >= 15 is 0 Å². The number of pyridine rings is 1. The minimum absolute atomic E-state index is 0.0314. The first-order valence-corrected chi connectivity index (χ1v) is 10.4. The van der Waals surface area contributed by atoms with Crippen molar-refractivity contribution in [3.63, 3.8) is 0 Å². The van der Waals surface area contributed by atoms with Crippen molar-refractivity contribution < 1.29 is 9.47 Å². The Balaban J connectivity index is 1.28. The Hall–Kier alpha value is -3.64. The zero-order valence-electron chi connectivity index (χ0n) is 17.1. The van der Waals surface area contributed by atoms with Gasteiger partial charge in [0.05, 0.1) is 12.2 Å². The van der Waals surface area contributed by atoms with Crippen LogP contribution in [0.2, 0.25) is 0 Å². The number of benzene rings is 2. The normalized spacial score (nSPS) is 15.0. The van der Waals surface area contributed by atoms with Gasteiger partial charge in [-0.05, 0) is 29.8 Å². The average Bonchev–Trinajstić information content (AvgIpc) is 3.22. The van der Waals surface area contributed by atoms with Crippen LogP contribution in [0.3, 0.4) is 0 Å². The van der Waals surface area contributed by atoms with Crippen molar-refractivity contribution >= 4 is 0 Å². The fourth-order valence-electron chi connectivity index (χ4n) is 3.72. The topological polar surface area (TPSA) is 61.2 Å². The van der Waals surface area contributed by atoms with Gasteiger partial charge in [0, 0.05) is 42.8 Å². The molecule has 2 aromatic carbocycles. The van der Waals surface area contributed by atoms with Crippen LogP contribution < -0.4 is 14.8 Å². The summed E-state index contributed by atoms with van der Waals surface area (Å²) in [6.07, 6.45) is 5.71. The molecule has 0 bridgehead atoms. The maximum absolute atomic E-state index is 6.05. The molecule has 6 heteroatoms. The van der Waals surface area contributed by atoms with Gasteiger partial charge in [0.2, 0.25) is 0 Å². The van der Waals surface area contributed by atoms with Crippen molar-refractivity contribution in [1.82, 2.24) is 20.1 Å². The minimum atomic E-state index is -0.0314. The Kier molecular flexibility index (Phi) is 5.62. The molecule has 3 heterocycles. The number of hydrogen-bond donors (Lipinski definition) is 1. The van der Waals surface area contributed by atoms with Gasteiger partial charge in [-0.25, -0.2) is 0 Å². The van der Waals surface area contributed by atoms with Crippen molar-refractivity contribution in [2.75, 3.05) is 13.2 Å². The van der Waals surface area contributed by atoms with Gasteiger partial charge in [0.1, 0.15) is 12.7 Å². The van der Waals surface area contributed by atoms with Crippen molar-refractivity contribution in [2.45, 2.75) is 19.2 Å². The summed E-state index contributed by atoms with van der Waals surface area (Å²) in [6.45, 7) is 2.63. The Morgan fingerprint density at radius 1 is 0.968 bits per heavy atom. The summed E-state index contributed by atoms with van der Waals surface area (Å²) >= 11 is 0. The zero-order valence-corrected chi connectivity index (χ0v) is 17.1. The van der Waals surface area contributed by atoms with E-state index in [9.17, 15) is 0 Å². The maximum Gasteiger partial charge on any atom is 0.161 e. The molecule has 0 unspecified atom stereocenters. The first-order valence-electron chi connectivity index (χ1n) is 10.4. The number of ether oxygens (including phenoxy) is 2. The third kappa shape index (κ3) is 4.59. The third-order valence-corrected chi connectivity index (χ3v) is 5.21. The third-order valence-electron chi connectivity index (χ3n) is 5.21. The molecule has 0 aliphatic carbocycles. The van der Waals surface area contributed by atoms with Crippen molar-refractivity contribution in [2.24, 2.45) is 0 Å². The lowest BCUT2D eigenvalue weighted by molar-refractivity contribution is 0.0902. The molecule has 4 aromatic rings. The van der Waals surface area contributed by atoms with Crippen LogP contribution in [0.5, 0.6) is 11.5 Å². The number of fused-ring (bicyclic) bond motifs is 1. The predicted molar refractivity (Wildman–Crippen MR) is 119 cm³/mol.